The predicted molar refractivity (Wildman–Crippen MR) is 70.1 cm³/mol. The van der Waals surface area contributed by atoms with Crippen molar-refractivity contribution in [3.05, 3.63) is 18.1 Å². The van der Waals surface area contributed by atoms with Gasteiger partial charge in [-0.1, -0.05) is 0 Å². The maximum atomic E-state index is 10.9. The largest absolute Gasteiger partial charge is 0.357 e. The molecule has 0 saturated carbocycles. The summed E-state index contributed by atoms with van der Waals surface area (Å²) in [5.41, 5.74) is 0.902. The predicted octanol–water partition coefficient (Wildman–Crippen LogP) is 0.798. The molecule has 0 radical (unpaired) electrons. The molecule has 0 saturated heterocycles. The van der Waals surface area contributed by atoms with Gasteiger partial charge in [-0.2, -0.15) is 0 Å². The molecule has 2 N–H and O–H groups in total. The Labute approximate surface area is 105 Å². The molecule has 0 aliphatic carbocycles. The third-order valence-corrected chi connectivity index (χ3v) is 2.85. The zero-order valence-electron chi connectivity index (χ0n) is 10.2. The number of hydrogen-bond donors (Lipinski definition) is 2. The van der Waals surface area contributed by atoms with Gasteiger partial charge in [-0.25, -0.2) is 9.78 Å². The van der Waals surface area contributed by atoms with Crippen molar-refractivity contribution in [3.8, 4) is 0 Å². The van der Waals surface area contributed by atoms with Crippen LogP contribution < -0.4 is 14.9 Å². The molecule has 0 aliphatic rings. The summed E-state index contributed by atoms with van der Waals surface area (Å²) in [7, 11) is 3.54. The molecular weight excluding hydrogens is 238 g/mol. The van der Waals surface area contributed by atoms with Gasteiger partial charge in [-0.05, 0) is 18.9 Å². The number of aromatic nitrogens is 2. The van der Waals surface area contributed by atoms with Crippen LogP contribution in [0.2, 0.25) is 0 Å². The summed E-state index contributed by atoms with van der Waals surface area (Å²) in [5.74, 6) is 1.65. The SMILES string of the molecule is CNC(=O)NSCCN(C)c1nccnc1C. The van der Waals surface area contributed by atoms with E-state index in [-0.39, 0.29) is 6.03 Å². The standard InChI is InChI=1S/C10H17N5OS/c1-8-9(13-5-4-12-8)15(3)6-7-17-14-10(16)11-2/h4-5H,6-7H2,1-3H3,(H2,11,14,16). The maximum absolute atomic E-state index is 10.9. The first-order valence-corrected chi connectivity index (χ1v) is 6.22. The summed E-state index contributed by atoms with van der Waals surface area (Å²) in [5, 5.41) is 2.49. The van der Waals surface area contributed by atoms with Gasteiger partial charge in [0.05, 0.1) is 5.69 Å². The van der Waals surface area contributed by atoms with E-state index in [1.54, 1.807) is 19.4 Å². The fourth-order valence-electron chi connectivity index (χ4n) is 1.23. The second-order valence-corrected chi connectivity index (χ2v) is 4.32. The molecule has 2 amide bonds. The molecule has 0 bridgehead atoms. The average Bonchev–Trinajstić information content (AvgIpc) is 2.34. The molecule has 0 spiro atoms. The van der Waals surface area contributed by atoms with E-state index in [0.29, 0.717) is 0 Å². The van der Waals surface area contributed by atoms with E-state index in [2.05, 4.69) is 20.0 Å². The summed E-state index contributed by atoms with van der Waals surface area (Å²) >= 11 is 1.36. The maximum Gasteiger partial charge on any atom is 0.324 e. The van der Waals surface area contributed by atoms with E-state index < -0.39 is 0 Å². The minimum Gasteiger partial charge on any atom is -0.357 e. The second kappa shape index (κ2) is 6.95. The van der Waals surface area contributed by atoms with Crippen molar-refractivity contribution in [2.24, 2.45) is 0 Å². The number of nitrogens with zero attached hydrogens (tertiary/aromatic N) is 3. The molecule has 0 unspecified atom stereocenters. The van der Waals surface area contributed by atoms with E-state index in [1.165, 1.54) is 11.9 Å². The number of anilines is 1. The molecule has 0 aliphatic heterocycles. The first-order valence-electron chi connectivity index (χ1n) is 5.23. The number of amides is 2. The topological polar surface area (TPSA) is 70.2 Å². The Morgan fingerprint density at radius 1 is 1.47 bits per heavy atom. The van der Waals surface area contributed by atoms with Crippen molar-refractivity contribution in [1.82, 2.24) is 20.0 Å². The molecule has 17 heavy (non-hydrogen) atoms. The Hall–Kier alpha value is -1.50. The highest BCUT2D eigenvalue weighted by atomic mass is 32.2. The molecule has 1 heterocycles. The van der Waals surface area contributed by atoms with E-state index in [0.717, 1.165) is 23.8 Å². The van der Waals surface area contributed by atoms with Crippen molar-refractivity contribution in [2.45, 2.75) is 6.92 Å². The molecule has 0 aromatic carbocycles. The monoisotopic (exact) mass is 255 g/mol. The van der Waals surface area contributed by atoms with Crippen LogP contribution in [0.4, 0.5) is 10.6 Å². The van der Waals surface area contributed by atoms with Crippen molar-refractivity contribution < 1.29 is 4.79 Å². The Bertz CT molecular complexity index is 373. The number of carbonyl (C=O) groups excluding carboxylic acids is 1. The number of carbonyl (C=O) groups is 1. The zero-order chi connectivity index (χ0) is 12.7. The second-order valence-electron chi connectivity index (χ2n) is 3.42. The van der Waals surface area contributed by atoms with Gasteiger partial charge in [0.15, 0.2) is 0 Å². The molecule has 0 fully saturated rings. The summed E-state index contributed by atoms with van der Waals surface area (Å²) in [6.07, 6.45) is 3.35. The first kappa shape index (κ1) is 13.6. The Morgan fingerprint density at radius 2 is 2.18 bits per heavy atom. The molecule has 0 atom stereocenters. The van der Waals surface area contributed by atoms with Crippen LogP contribution in [-0.4, -0.2) is 42.4 Å². The van der Waals surface area contributed by atoms with Crippen LogP contribution in [0.25, 0.3) is 0 Å². The van der Waals surface area contributed by atoms with E-state index >= 15 is 0 Å². The minimum atomic E-state index is -0.187. The van der Waals surface area contributed by atoms with Crippen molar-refractivity contribution in [3.63, 3.8) is 0 Å². The molecule has 94 valence electrons. The van der Waals surface area contributed by atoms with Gasteiger partial charge in [0.25, 0.3) is 0 Å². The first-order chi connectivity index (χ1) is 8.15. The van der Waals surface area contributed by atoms with Crippen molar-refractivity contribution >= 4 is 23.8 Å². The van der Waals surface area contributed by atoms with Crippen LogP contribution >= 0.6 is 11.9 Å². The summed E-state index contributed by atoms with van der Waals surface area (Å²) < 4.78 is 2.66. The molecular formula is C10H17N5OS. The zero-order valence-corrected chi connectivity index (χ0v) is 11.0. The van der Waals surface area contributed by atoms with Gasteiger partial charge in [0.2, 0.25) is 0 Å². The van der Waals surface area contributed by atoms with Gasteiger partial charge in [0.1, 0.15) is 5.82 Å². The van der Waals surface area contributed by atoms with E-state index in [1.807, 2.05) is 18.9 Å². The Balaban J connectivity index is 2.33. The Kier molecular flexibility index (Phi) is 5.55. The minimum absolute atomic E-state index is 0.187. The third-order valence-electron chi connectivity index (χ3n) is 2.14. The van der Waals surface area contributed by atoms with Crippen LogP contribution in [0.1, 0.15) is 5.69 Å². The summed E-state index contributed by atoms with van der Waals surface area (Å²) in [6.45, 7) is 2.71. The number of hydrogen-bond acceptors (Lipinski definition) is 5. The number of nitrogens with one attached hydrogen (secondary N) is 2. The van der Waals surface area contributed by atoms with Crippen LogP contribution in [0, 0.1) is 6.92 Å². The quantitative estimate of drug-likeness (QED) is 0.601. The number of aryl methyl sites for hydroxylation is 1. The molecule has 1 aromatic rings. The molecule has 7 heteroatoms. The smallest absolute Gasteiger partial charge is 0.324 e. The lowest BCUT2D eigenvalue weighted by atomic mass is 10.4. The van der Waals surface area contributed by atoms with Gasteiger partial charge < -0.3 is 10.2 Å². The summed E-state index contributed by atoms with van der Waals surface area (Å²) in [4.78, 5) is 21.4. The molecule has 1 aromatic heterocycles. The van der Waals surface area contributed by atoms with Crippen LogP contribution in [0.15, 0.2) is 12.4 Å². The van der Waals surface area contributed by atoms with Gasteiger partial charge >= 0.3 is 6.03 Å². The van der Waals surface area contributed by atoms with Crippen molar-refractivity contribution in [2.75, 3.05) is 31.3 Å². The highest BCUT2D eigenvalue weighted by Gasteiger charge is 2.06. The lowest BCUT2D eigenvalue weighted by Crippen LogP contribution is -2.29. The van der Waals surface area contributed by atoms with Crippen LogP contribution in [0.5, 0.6) is 0 Å². The van der Waals surface area contributed by atoms with Crippen LogP contribution in [-0.2, 0) is 0 Å². The Morgan fingerprint density at radius 3 is 2.82 bits per heavy atom. The molecule has 6 nitrogen and oxygen atoms in total. The number of urea groups is 1. The number of rotatable bonds is 5. The fourth-order valence-corrected chi connectivity index (χ4v) is 1.93. The third kappa shape index (κ3) is 4.48. The average molecular weight is 255 g/mol. The summed E-state index contributed by atoms with van der Waals surface area (Å²) in [6, 6.07) is -0.187. The van der Waals surface area contributed by atoms with Gasteiger partial charge in [-0.15, -0.1) is 0 Å². The highest BCUT2D eigenvalue weighted by Crippen LogP contribution is 2.11. The van der Waals surface area contributed by atoms with Gasteiger partial charge in [0, 0.05) is 38.8 Å². The van der Waals surface area contributed by atoms with Gasteiger partial charge in [-0.3, -0.25) is 9.71 Å². The van der Waals surface area contributed by atoms with Crippen molar-refractivity contribution in [1.29, 1.82) is 0 Å². The van der Waals surface area contributed by atoms with E-state index in [4.69, 9.17) is 0 Å². The fraction of sp³-hybridized carbons (Fsp3) is 0.500. The highest BCUT2D eigenvalue weighted by molar-refractivity contribution is 7.97. The van der Waals surface area contributed by atoms with E-state index in [9.17, 15) is 4.79 Å². The van der Waals surface area contributed by atoms with Crippen LogP contribution in [0.3, 0.4) is 0 Å². The lowest BCUT2D eigenvalue weighted by Gasteiger charge is -2.18. The lowest BCUT2D eigenvalue weighted by molar-refractivity contribution is 0.248. The normalized spacial score (nSPS) is 9.82. The molecule has 1 rings (SSSR count).